The lowest BCUT2D eigenvalue weighted by molar-refractivity contribution is 0.0514. The molecule has 1 aromatic heterocycles. The predicted molar refractivity (Wildman–Crippen MR) is 42.4 cm³/mol. The molecule has 0 bridgehead atoms. The summed E-state index contributed by atoms with van der Waals surface area (Å²) in [6.07, 6.45) is 0.907. The van der Waals surface area contributed by atoms with Crippen molar-refractivity contribution in [1.82, 2.24) is 9.55 Å². The summed E-state index contributed by atoms with van der Waals surface area (Å²) >= 11 is 0. The smallest absolute Gasteiger partial charge is 0.354 e. The van der Waals surface area contributed by atoms with Gasteiger partial charge >= 0.3 is 12.5 Å². The van der Waals surface area contributed by atoms with E-state index < -0.39 is 18.2 Å². The minimum absolute atomic E-state index is 0. The van der Waals surface area contributed by atoms with Crippen molar-refractivity contribution in [1.29, 1.82) is 0 Å². The van der Waals surface area contributed by atoms with Gasteiger partial charge in [-0.1, -0.05) is 0 Å². The van der Waals surface area contributed by atoms with E-state index in [9.17, 15) is 13.6 Å². The van der Waals surface area contributed by atoms with Gasteiger partial charge in [-0.3, -0.25) is 4.57 Å². The first-order chi connectivity index (χ1) is 5.54. The molecular weight excluding hydrogens is 206 g/mol. The van der Waals surface area contributed by atoms with E-state index in [2.05, 4.69) is 4.98 Å². The molecule has 0 aromatic carbocycles. The third-order valence-electron chi connectivity index (χ3n) is 1.40. The molecule has 4 nitrogen and oxygen atoms in total. The number of imidazole rings is 1. The molecule has 0 fully saturated rings. The van der Waals surface area contributed by atoms with Gasteiger partial charge in [0.15, 0.2) is 5.69 Å². The van der Waals surface area contributed by atoms with Crippen LogP contribution in [0.2, 0.25) is 0 Å². The lowest BCUT2D eigenvalue weighted by atomic mass is 10.5. The maximum atomic E-state index is 12.1. The lowest BCUT2D eigenvalue weighted by Gasteiger charge is -2.04. The van der Waals surface area contributed by atoms with Gasteiger partial charge in [-0.25, -0.2) is 9.78 Å². The molecule has 0 aliphatic heterocycles. The Labute approximate surface area is 78.6 Å². The van der Waals surface area contributed by atoms with Crippen molar-refractivity contribution in [3.8, 4) is 0 Å². The highest BCUT2D eigenvalue weighted by Crippen LogP contribution is 2.16. The molecule has 0 saturated carbocycles. The SMILES string of the molecule is Cc1ncc(C(=O)O)n1C(F)F.Cl. The molecule has 0 unspecified atom stereocenters. The second-order valence-corrected chi connectivity index (χ2v) is 2.14. The van der Waals surface area contributed by atoms with E-state index in [-0.39, 0.29) is 18.2 Å². The molecule has 13 heavy (non-hydrogen) atoms. The molecule has 1 aromatic rings. The number of nitrogens with zero attached hydrogens (tertiary/aromatic N) is 2. The fourth-order valence-corrected chi connectivity index (χ4v) is 0.858. The van der Waals surface area contributed by atoms with E-state index in [0.717, 1.165) is 6.20 Å². The Balaban J connectivity index is 0.00000144. The van der Waals surface area contributed by atoms with E-state index in [1.807, 2.05) is 0 Å². The first-order valence-corrected chi connectivity index (χ1v) is 3.09. The number of halogens is 3. The van der Waals surface area contributed by atoms with Gasteiger partial charge in [-0.15, -0.1) is 12.4 Å². The van der Waals surface area contributed by atoms with Gasteiger partial charge in [0.2, 0.25) is 0 Å². The molecule has 1 heterocycles. The maximum absolute atomic E-state index is 12.1. The molecule has 0 aliphatic carbocycles. The van der Waals surface area contributed by atoms with Crippen molar-refractivity contribution >= 4 is 18.4 Å². The summed E-state index contributed by atoms with van der Waals surface area (Å²) in [5.41, 5.74) is -0.498. The summed E-state index contributed by atoms with van der Waals surface area (Å²) < 4.78 is 24.6. The van der Waals surface area contributed by atoms with Gasteiger partial charge in [0.05, 0.1) is 6.20 Å². The number of carboxylic acids is 1. The van der Waals surface area contributed by atoms with Crippen molar-refractivity contribution in [3.05, 3.63) is 17.7 Å². The van der Waals surface area contributed by atoms with Crippen molar-refractivity contribution < 1.29 is 18.7 Å². The van der Waals surface area contributed by atoms with E-state index in [4.69, 9.17) is 5.11 Å². The first-order valence-electron chi connectivity index (χ1n) is 3.09. The summed E-state index contributed by atoms with van der Waals surface area (Å²) in [4.78, 5) is 13.8. The fraction of sp³-hybridized carbons (Fsp3) is 0.333. The number of alkyl halides is 2. The second kappa shape index (κ2) is 4.18. The number of aromatic carboxylic acids is 1. The lowest BCUT2D eigenvalue weighted by Crippen LogP contribution is -2.10. The number of hydrogen-bond donors (Lipinski definition) is 1. The van der Waals surface area contributed by atoms with Crippen molar-refractivity contribution in [3.63, 3.8) is 0 Å². The highest BCUT2D eigenvalue weighted by molar-refractivity contribution is 5.85. The summed E-state index contributed by atoms with van der Waals surface area (Å²) in [5.74, 6) is -1.42. The molecule has 0 radical (unpaired) electrons. The summed E-state index contributed by atoms with van der Waals surface area (Å²) in [6.45, 7) is -1.54. The minimum atomic E-state index is -2.86. The quantitative estimate of drug-likeness (QED) is 0.812. The molecule has 1 N–H and O–H groups in total. The maximum Gasteiger partial charge on any atom is 0.354 e. The molecule has 0 amide bonds. The zero-order valence-corrected chi connectivity index (χ0v) is 7.39. The summed E-state index contributed by atoms with van der Waals surface area (Å²) in [7, 11) is 0. The van der Waals surface area contributed by atoms with Gasteiger partial charge < -0.3 is 5.11 Å². The molecule has 0 aliphatic rings. The minimum Gasteiger partial charge on any atom is -0.477 e. The molecule has 0 atom stereocenters. The van der Waals surface area contributed by atoms with Crippen LogP contribution in [0.1, 0.15) is 22.9 Å². The number of hydrogen-bond acceptors (Lipinski definition) is 2. The van der Waals surface area contributed by atoms with Crippen LogP contribution in [0.25, 0.3) is 0 Å². The fourth-order valence-electron chi connectivity index (χ4n) is 0.858. The predicted octanol–water partition coefficient (Wildman–Crippen LogP) is 1.71. The summed E-state index contributed by atoms with van der Waals surface area (Å²) in [6, 6.07) is 0. The zero-order chi connectivity index (χ0) is 9.30. The van der Waals surface area contributed by atoms with Crippen LogP contribution in [0.4, 0.5) is 8.78 Å². The highest BCUT2D eigenvalue weighted by atomic mass is 35.5. The number of aromatic nitrogens is 2. The van der Waals surface area contributed by atoms with Crippen LogP contribution < -0.4 is 0 Å². The van der Waals surface area contributed by atoms with Gasteiger partial charge in [0, 0.05) is 0 Å². The third-order valence-corrected chi connectivity index (χ3v) is 1.40. The third kappa shape index (κ3) is 2.15. The topological polar surface area (TPSA) is 55.1 Å². The van der Waals surface area contributed by atoms with Crippen LogP contribution in [0.15, 0.2) is 6.20 Å². The van der Waals surface area contributed by atoms with Crippen molar-refractivity contribution in [2.45, 2.75) is 13.5 Å². The second-order valence-electron chi connectivity index (χ2n) is 2.14. The highest BCUT2D eigenvalue weighted by Gasteiger charge is 2.19. The Kier molecular flexibility index (Phi) is 3.80. The molecule has 74 valence electrons. The molecule has 0 spiro atoms. The molecule has 0 saturated heterocycles. The van der Waals surface area contributed by atoms with Crippen LogP contribution in [0.3, 0.4) is 0 Å². The first kappa shape index (κ1) is 11.8. The Morgan fingerprint density at radius 3 is 2.54 bits per heavy atom. The number of rotatable bonds is 2. The van der Waals surface area contributed by atoms with Gasteiger partial charge in [-0.05, 0) is 6.92 Å². The molecular formula is C6H7ClF2N2O2. The van der Waals surface area contributed by atoms with E-state index in [1.165, 1.54) is 6.92 Å². The average Bonchev–Trinajstić information content (AvgIpc) is 2.30. The molecule has 1 rings (SSSR count). The Morgan fingerprint density at radius 2 is 2.23 bits per heavy atom. The largest absolute Gasteiger partial charge is 0.477 e. The normalized spacial score (nSPS) is 9.85. The van der Waals surface area contributed by atoms with Crippen LogP contribution in [-0.2, 0) is 0 Å². The van der Waals surface area contributed by atoms with Gasteiger partial charge in [0.25, 0.3) is 0 Å². The van der Waals surface area contributed by atoms with Crippen LogP contribution >= 0.6 is 12.4 Å². The van der Waals surface area contributed by atoms with Crippen LogP contribution in [0, 0.1) is 6.92 Å². The van der Waals surface area contributed by atoms with Crippen molar-refractivity contribution in [2.24, 2.45) is 0 Å². The number of carboxylic acid groups (broad SMARTS) is 1. The van der Waals surface area contributed by atoms with Crippen LogP contribution in [-0.4, -0.2) is 20.6 Å². The zero-order valence-electron chi connectivity index (χ0n) is 6.57. The van der Waals surface area contributed by atoms with Gasteiger partial charge in [-0.2, -0.15) is 8.78 Å². The monoisotopic (exact) mass is 212 g/mol. The molecule has 7 heteroatoms. The van der Waals surface area contributed by atoms with E-state index in [1.54, 1.807) is 0 Å². The van der Waals surface area contributed by atoms with Crippen molar-refractivity contribution in [2.75, 3.05) is 0 Å². The summed E-state index contributed by atoms with van der Waals surface area (Å²) in [5, 5.41) is 8.43. The van der Waals surface area contributed by atoms with E-state index >= 15 is 0 Å². The van der Waals surface area contributed by atoms with Crippen LogP contribution in [0.5, 0.6) is 0 Å². The Hall–Kier alpha value is -1.17. The number of carbonyl (C=O) groups is 1. The standard InChI is InChI=1S/C6H6F2N2O2.ClH/c1-3-9-2-4(5(11)12)10(3)6(7)8;/h2,6H,1H3,(H,11,12);1H. The average molecular weight is 213 g/mol. The van der Waals surface area contributed by atoms with Gasteiger partial charge in [0.1, 0.15) is 5.82 Å². The number of aryl methyl sites for hydroxylation is 1. The van der Waals surface area contributed by atoms with E-state index in [0.29, 0.717) is 4.57 Å². The Morgan fingerprint density at radius 1 is 1.69 bits per heavy atom. The Bertz CT molecular complexity index is 314.